The van der Waals surface area contributed by atoms with E-state index in [0.717, 1.165) is 12.1 Å². The number of nitrogens with zero attached hydrogens (tertiary/aromatic N) is 3. The second-order valence-electron chi connectivity index (χ2n) is 5.46. The first kappa shape index (κ1) is 17.7. The van der Waals surface area contributed by atoms with E-state index in [0.29, 0.717) is 6.61 Å². The van der Waals surface area contributed by atoms with Gasteiger partial charge in [0.2, 0.25) is 10.0 Å². The van der Waals surface area contributed by atoms with E-state index in [1.165, 1.54) is 22.5 Å². The highest BCUT2D eigenvalue weighted by atomic mass is 35.5. The van der Waals surface area contributed by atoms with Gasteiger partial charge in [0.05, 0.1) is 23.8 Å². The predicted molar refractivity (Wildman–Crippen MR) is 91.8 cm³/mol. The molecule has 1 aromatic carbocycles. The molecule has 9 heteroatoms. The van der Waals surface area contributed by atoms with Crippen LogP contribution < -0.4 is 0 Å². The lowest BCUT2D eigenvalue weighted by molar-refractivity contribution is -0.00260. The summed E-state index contributed by atoms with van der Waals surface area (Å²) in [7, 11) is -3.69. The van der Waals surface area contributed by atoms with Gasteiger partial charge in [-0.2, -0.15) is 9.40 Å². The Morgan fingerprint density at radius 1 is 1.29 bits per heavy atom. The summed E-state index contributed by atoms with van der Waals surface area (Å²) in [4.78, 5) is 0.0879. The maximum absolute atomic E-state index is 12.9. The summed E-state index contributed by atoms with van der Waals surface area (Å²) in [5.74, 6) is 0. The minimum atomic E-state index is -3.69. The fourth-order valence-corrected chi connectivity index (χ4v) is 4.74. The normalized spacial score (nSPS) is 19.5. The van der Waals surface area contributed by atoms with Crippen molar-refractivity contribution >= 4 is 33.2 Å². The Bertz CT molecular complexity index is 818. The molecule has 1 atom stereocenters. The van der Waals surface area contributed by atoms with E-state index in [1.54, 1.807) is 10.9 Å². The van der Waals surface area contributed by atoms with E-state index < -0.39 is 10.0 Å². The van der Waals surface area contributed by atoms with Crippen LogP contribution in [0.3, 0.4) is 0 Å². The molecule has 0 saturated carbocycles. The van der Waals surface area contributed by atoms with Crippen LogP contribution in [0.4, 0.5) is 0 Å². The maximum atomic E-state index is 12.9. The van der Waals surface area contributed by atoms with Crippen molar-refractivity contribution in [1.29, 1.82) is 0 Å². The highest BCUT2D eigenvalue weighted by Gasteiger charge is 2.32. The molecule has 0 amide bonds. The lowest BCUT2D eigenvalue weighted by Crippen LogP contribution is -2.42. The van der Waals surface area contributed by atoms with Crippen LogP contribution in [0, 0.1) is 0 Å². The molecule has 0 spiro atoms. The average Bonchev–Trinajstić information content (AvgIpc) is 3.03. The van der Waals surface area contributed by atoms with Gasteiger partial charge < -0.3 is 4.74 Å². The summed E-state index contributed by atoms with van der Waals surface area (Å²) in [6.07, 6.45) is 3.24. The van der Waals surface area contributed by atoms with E-state index in [4.69, 9.17) is 27.9 Å². The smallest absolute Gasteiger partial charge is 0.243 e. The molecule has 6 nitrogen and oxygen atoms in total. The minimum Gasteiger partial charge on any atom is -0.371 e. The second kappa shape index (κ2) is 7.01. The summed E-state index contributed by atoms with van der Waals surface area (Å²) in [6, 6.07) is 4.31. The Morgan fingerprint density at radius 2 is 2.00 bits per heavy atom. The van der Waals surface area contributed by atoms with Crippen LogP contribution in [-0.4, -0.2) is 42.2 Å². The number of halogens is 2. The van der Waals surface area contributed by atoms with Gasteiger partial charge >= 0.3 is 0 Å². The van der Waals surface area contributed by atoms with Gasteiger partial charge in [0.25, 0.3) is 0 Å². The first-order valence-corrected chi connectivity index (χ1v) is 9.70. The van der Waals surface area contributed by atoms with Crippen LogP contribution in [0.5, 0.6) is 0 Å². The van der Waals surface area contributed by atoms with Gasteiger partial charge in [0.15, 0.2) is 0 Å². The topological polar surface area (TPSA) is 64.4 Å². The molecule has 1 aliphatic heterocycles. The molecule has 1 unspecified atom stereocenters. The zero-order valence-corrected chi connectivity index (χ0v) is 15.4. The molecule has 1 fully saturated rings. The molecule has 2 aromatic rings. The Morgan fingerprint density at radius 3 is 2.62 bits per heavy atom. The molecule has 1 aromatic heterocycles. The van der Waals surface area contributed by atoms with Crippen LogP contribution in [0.15, 0.2) is 35.5 Å². The van der Waals surface area contributed by atoms with Crippen molar-refractivity contribution < 1.29 is 13.2 Å². The molecule has 2 heterocycles. The first-order chi connectivity index (χ1) is 11.4. The van der Waals surface area contributed by atoms with Gasteiger partial charge in [-0.25, -0.2) is 8.42 Å². The van der Waals surface area contributed by atoms with Crippen LogP contribution in [0.1, 0.15) is 18.6 Å². The number of rotatable bonds is 4. The first-order valence-electron chi connectivity index (χ1n) is 7.50. The van der Waals surface area contributed by atoms with E-state index in [2.05, 4.69) is 5.10 Å². The molecule has 24 heavy (non-hydrogen) atoms. The third-order valence-electron chi connectivity index (χ3n) is 3.85. The molecule has 0 radical (unpaired) electrons. The predicted octanol–water partition coefficient (Wildman–Crippen LogP) is 2.97. The minimum absolute atomic E-state index is 0.0879. The highest BCUT2D eigenvalue weighted by molar-refractivity contribution is 7.89. The second-order valence-corrected chi connectivity index (χ2v) is 8.27. The number of morpholine rings is 1. The van der Waals surface area contributed by atoms with Gasteiger partial charge in [0, 0.05) is 41.4 Å². The summed E-state index contributed by atoms with van der Waals surface area (Å²) < 4.78 is 34.6. The van der Waals surface area contributed by atoms with Crippen molar-refractivity contribution in [2.75, 3.05) is 19.7 Å². The maximum Gasteiger partial charge on any atom is 0.243 e. The zero-order valence-electron chi connectivity index (χ0n) is 13.0. The SMILES string of the molecule is CCn1cc(C2CN(S(=O)(=O)c3cc(Cl)cc(Cl)c3)CCO2)cn1. The molecular weight excluding hydrogens is 373 g/mol. The number of ether oxygens (including phenoxy) is 1. The molecule has 0 aliphatic carbocycles. The highest BCUT2D eigenvalue weighted by Crippen LogP contribution is 2.29. The molecule has 130 valence electrons. The molecule has 1 aliphatic rings. The standard InChI is InChI=1S/C15H17Cl2N3O3S/c1-2-19-9-11(8-18-19)15-10-20(3-4-23-15)24(21,22)14-6-12(16)5-13(17)7-14/h5-9,15H,2-4,10H2,1H3. The van der Waals surface area contributed by atoms with Crippen molar-refractivity contribution in [2.24, 2.45) is 0 Å². The van der Waals surface area contributed by atoms with Crippen LogP contribution >= 0.6 is 23.2 Å². The van der Waals surface area contributed by atoms with E-state index in [-0.39, 0.29) is 34.1 Å². The number of sulfonamides is 1. The van der Waals surface area contributed by atoms with Crippen molar-refractivity contribution in [3.63, 3.8) is 0 Å². The van der Waals surface area contributed by atoms with Crippen LogP contribution in [0.25, 0.3) is 0 Å². The van der Waals surface area contributed by atoms with Gasteiger partial charge in [-0.15, -0.1) is 0 Å². The molecule has 1 saturated heterocycles. The fourth-order valence-electron chi connectivity index (χ4n) is 2.59. The number of aryl methyl sites for hydroxylation is 1. The quantitative estimate of drug-likeness (QED) is 0.805. The Hall–Kier alpha value is -1.12. The van der Waals surface area contributed by atoms with Crippen molar-refractivity contribution in [2.45, 2.75) is 24.5 Å². The molecule has 0 N–H and O–H groups in total. The average molecular weight is 390 g/mol. The van der Waals surface area contributed by atoms with E-state index >= 15 is 0 Å². The fraction of sp³-hybridized carbons (Fsp3) is 0.400. The lowest BCUT2D eigenvalue weighted by atomic mass is 10.2. The monoisotopic (exact) mass is 389 g/mol. The van der Waals surface area contributed by atoms with Crippen LogP contribution in [0.2, 0.25) is 10.0 Å². The number of hydrogen-bond acceptors (Lipinski definition) is 4. The van der Waals surface area contributed by atoms with Crippen molar-refractivity contribution in [1.82, 2.24) is 14.1 Å². The lowest BCUT2D eigenvalue weighted by Gasteiger charge is -2.31. The van der Waals surface area contributed by atoms with Crippen LogP contribution in [-0.2, 0) is 21.3 Å². The molecule has 0 bridgehead atoms. The third-order valence-corrected chi connectivity index (χ3v) is 6.13. The number of benzene rings is 1. The van der Waals surface area contributed by atoms with Gasteiger partial charge in [-0.1, -0.05) is 23.2 Å². The third kappa shape index (κ3) is 3.60. The number of hydrogen-bond donors (Lipinski definition) is 0. The summed E-state index contributed by atoms with van der Waals surface area (Å²) in [5.41, 5.74) is 0.862. The molecule has 3 rings (SSSR count). The largest absolute Gasteiger partial charge is 0.371 e. The van der Waals surface area contributed by atoms with Gasteiger partial charge in [-0.05, 0) is 25.1 Å². The number of aromatic nitrogens is 2. The van der Waals surface area contributed by atoms with E-state index in [9.17, 15) is 8.42 Å². The van der Waals surface area contributed by atoms with Gasteiger partial charge in [-0.3, -0.25) is 4.68 Å². The molecular formula is C15H17Cl2N3O3S. The van der Waals surface area contributed by atoms with E-state index in [1.807, 2.05) is 13.1 Å². The Labute approximate surface area is 151 Å². The summed E-state index contributed by atoms with van der Waals surface area (Å²) in [6.45, 7) is 3.55. The Kier molecular flexibility index (Phi) is 5.17. The Balaban J connectivity index is 1.85. The van der Waals surface area contributed by atoms with Crippen molar-refractivity contribution in [3.05, 3.63) is 46.2 Å². The summed E-state index contributed by atoms with van der Waals surface area (Å²) in [5, 5.41) is 4.79. The van der Waals surface area contributed by atoms with Gasteiger partial charge in [0.1, 0.15) is 0 Å². The zero-order chi connectivity index (χ0) is 17.3. The van der Waals surface area contributed by atoms with Crippen molar-refractivity contribution in [3.8, 4) is 0 Å². The summed E-state index contributed by atoms with van der Waals surface area (Å²) >= 11 is 11.9.